The quantitative estimate of drug-likeness (QED) is 0.174. The van der Waals surface area contributed by atoms with Crippen molar-refractivity contribution in [1.29, 1.82) is 0 Å². The predicted octanol–water partition coefficient (Wildman–Crippen LogP) is 8.61. The van der Waals surface area contributed by atoms with Crippen molar-refractivity contribution in [2.45, 2.75) is 12.8 Å². The van der Waals surface area contributed by atoms with Gasteiger partial charge in [-0.2, -0.15) is 0 Å². The standard InChI is InChI=1S/C35H25N2P/c1-3-14-25(15-4-1)38(26-16-5-2-6-17-26)32-23-24-13-7-8-18-27(24)33-28-19-9-11-21-30(28)37-31-22-12-10-20-29(31)36-35(37)34(32)33/h1,3-5,7-23H,2,6H2. The second-order valence-electron chi connectivity index (χ2n) is 9.92. The summed E-state index contributed by atoms with van der Waals surface area (Å²) < 4.78 is 2.38. The Morgan fingerprint density at radius 3 is 2.24 bits per heavy atom. The van der Waals surface area contributed by atoms with Crippen LogP contribution in [0.2, 0.25) is 0 Å². The minimum Gasteiger partial charge on any atom is -0.292 e. The molecule has 1 aliphatic carbocycles. The van der Waals surface area contributed by atoms with Crippen LogP contribution in [0.5, 0.6) is 0 Å². The Kier molecular flexibility index (Phi) is 4.96. The van der Waals surface area contributed by atoms with Gasteiger partial charge in [-0.15, -0.1) is 0 Å². The van der Waals surface area contributed by atoms with Gasteiger partial charge in [0.2, 0.25) is 0 Å². The summed E-state index contributed by atoms with van der Waals surface area (Å²) in [5.41, 5.74) is 4.43. The van der Waals surface area contributed by atoms with E-state index in [0.29, 0.717) is 0 Å². The summed E-state index contributed by atoms with van der Waals surface area (Å²) in [6, 6.07) is 39.8. The third-order valence-electron chi connectivity index (χ3n) is 7.72. The van der Waals surface area contributed by atoms with E-state index in [9.17, 15) is 0 Å². The van der Waals surface area contributed by atoms with Crippen LogP contribution in [0, 0.1) is 0 Å². The smallest absolute Gasteiger partial charge is 0.147 e. The molecule has 7 aromatic rings. The van der Waals surface area contributed by atoms with Crippen LogP contribution in [0.25, 0.3) is 49.1 Å². The van der Waals surface area contributed by atoms with Crippen LogP contribution < -0.4 is 10.6 Å². The van der Waals surface area contributed by atoms with Crippen LogP contribution in [0.4, 0.5) is 0 Å². The van der Waals surface area contributed by atoms with Crippen LogP contribution in [0.15, 0.2) is 133 Å². The number of nitrogens with zero attached hydrogens (tertiary/aromatic N) is 2. The van der Waals surface area contributed by atoms with E-state index in [2.05, 4.69) is 132 Å². The van der Waals surface area contributed by atoms with Crippen molar-refractivity contribution < 1.29 is 0 Å². The predicted molar refractivity (Wildman–Crippen MR) is 164 cm³/mol. The normalized spacial score (nSPS) is 14.6. The number of fused-ring (bicyclic) bond motifs is 10. The van der Waals surface area contributed by atoms with Crippen molar-refractivity contribution in [2.24, 2.45) is 0 Å². The van der Waals surface area contributed by atoms with Crippen molar-refractivity contribution in [3.63, 3.8) is 0 Å². The maximum absolute atomic E-state index is 5.32. The largest absolute Gasteiger partial charge is 0.292 e. The number of hydrogen-bond acceptors (Lipinski definition) is 1. The molecule has 0 spiro atoms. The van der Waals surface area contributed by atoms with Gasteiger partial charge in [0.05, 0.1) is 16.6 Å². The molecule has 3 heteroatoms. The molecule has 1 aliphatic rings. The fourth-order valence-corrected chi connectivity index (χ4v) is 8.70. The van der Waals surface area contributed by atoms with Crippen LogP contribution in [-0.2, 0) is 0 Å². The number of aromatic nitrogens is 2. The highest BCUT2D eigenvalue weighted by Crippen LogP contribution is 2.49. The van der Waals surface area contributed by atoms with E-state index in [1.165, 1.54) is 48.4 Å². The average molecular weight is 505 g/mol. The lowest BCUT2D eigenvalue weighted by Gasteiger charge is -2.25. The molecular formula is C35H25N2P. The lowest BCUT2D eigenvalue weighted by Crippen LogP contribution is -2.15. The zero-order chi connectivity index (χ0) is 25.1. The summed E-state index contributed by atoms with van der Waals surface area (Å²) in [5, 5.41) is 10.6. The van der Waals surface area contributed by atoms with Crippen molar-refractivity contribution >= 4 is 67.7 Å². The molecule has 0 aliphatic heterocycles. The minimum atomic E-state index is -0.779. The number of rotatable bonds is 3. The van der Waals surface area contributed by atoms with Gasteiger partial charge in [0.1, 0.15) is 5.65 Å². The lowest BCUT2D eigenvalue weighted by atomic mass is 9.99. The molecule has 5 aromatic carbocycles. The summed E-state index contributed by atoms with van der Waals surface area (Å²) >= 11 is 0. The van der Waals surface area contributed by atoms with Crippen molar-refractivity contribution in [3.05, 3.63) is 133 Å². The van der Waals surface area contributed by atoms with Crippen molar-refractivity contribution in [1.82, 2.24) is 9.38 Å². The molecule has 2 heterocycles. The highest BCUT2D eigenvalue weighted by atomic mass is 31.1. The summed E-state index contributed by atoms with van der Waals surface area (Å²) in [7, 11) is -0.779. The molecule has 0 N–H and O–H groups in total. The van der Waals surface area contributed by atoms with E-state index in [1.807, 2.05) is 0 Å². The highest BCUT2D eigenvalue weighted by molar-refractivity contribution is 7.77. The first-order valence-corrected chi connectivity index (χ1v) is 14.6. The van der Waals surface area contributed by atoms with Gasteiger partial charge in [0.25, 0.3) is 0 Å². The minimum absolute atomic E-state index is 0.779. The maximum Gasteiger partial charge on any atom is 0.147 e. The Morgan fingerprint density at radius 1 is 0.658 bits per heavy atom. The van der Waals surface area contributed by atoms with Gasteiger partial charge in [-0.25, -0.2) is 4.98 Å². The van der Waals surface area contributed by atoms with E-state index in [0.717, 1.165) is 29.5 Å². The van der Waals surface area contributed by atoms with Crippen LogP contribution in [-0.4, -0.2) is 9.38 Å². The Bertz CT molecular complexity index is 2080. The van der Waals surface area contributed by atoms with Gasteiger partial charge in [-0.3, -0.25) is 4.40 Å². The van der Waals surface area contributed by atoms with Gasteiger partial charge in [-0.05, 0) is 71.7 Å². The number of imidazole rings is 1. The zero-order valence-electron chi connectivity index (χ0n) is 20.9. The van der Waals surface area contributed by atoms with Gasteiger partial charge < -0.3 is 0 Å². The second kappa shape index (κ2) is 8.65. The van der Waals surface area contributed by atoms with E-state index < -0.39 is 7.92 Å². The van der Waals surface area contributed by atoms with E-state index in [-0.39, 0.29) is 0 Å². The molecule has 2 nitrogen and oxygen atoms in total. The summed E-state index contributed by atoms with van der Waals surface area (Å²) in [6.07, 6.45) is 9.37. The first kappa shape index (κ1) is 21.8. The van der Waals surface area contributed by atoms with E-state index in [4.69, 9.17) is 4.98 Å². The second-order valence-corrected chi connectivity index (χ2v) is 12.1. The average Bonchev–Trinajstić information content (AvgIpc) is 3.38. The fraction of sp³-hybridized carbons (Fsp3) is 0.0571. The summed E-state index contributed by atoms with van der Waals surface area (Å²) in [4.78, 5) is 5.32. The third-order valence-corrected chi connectivity index (χ3v) is 10.2. The Hall–Kier alpha value is -4.26. The summed E-state index contributed by atoms with van der Waals surface area (Å²) in [6.45, 7) is 0. The molecular weight excluding hydrogens is 479 g/mol. The number of allylic oxidation sites excluding steroid dienone is 4. The molecule has 1 atom stereocenters. The van der Waals surface area contributed by atoms with Crippen LogP contribution in [0.1, 0.15) is 12.8 Å². The fourth-order valence-electron chi connectivity index (χ4n) is 6.10. The van der Waals surface area contributed by atoms with Crippen LogP contribution >= 0.6 is 7.92 Å². The molecule has 0 amide bonds. The maximum atomic E-state index is 5.32. The zero-order valence-corrected chi connectivity index (χ0v) is 21.8. The molecule has 8 rings (SSSR count). The number of benzene rings is 5. The molecule has 1 unspecified atom stereocenters. The first-order chi connectivity index (χ1) is 18.9. The Balaban J connectivity index is 1.65. The molecule has 0 saturated carbocycles. The lowest BCUT2D eigenvalue weighted by molar-refractivity contribution is 1.03. The van der Waals surface area contributed by atoms with Crippen molar-refractivity contribution in [3.8, 4) is 0 Å². The van der Waals surface area contributed by atoms with Gasteiger partial charge in [0.15, 0.2) is 0 Å². The molecule has 0 bridgehead atoms. The van der Waals surface area contributed by atoms with Crippen molar-refractivity contribution in [2.75, 3.05) is 0 Å². The summed E-state index contributed by atoms with van der Waals surface area (Å²) in [5.74, 6) is 0. The molecule has 2 aromatic heterocycles. The number of para-hydroxylation sites is 3. The molecule has 180 valence electrons. The van der Waals surface area contributed by atoms with Gasteiger partial charge >= 0.3 is 0 Å². The third kappa shape index (κ3) is 3.20. The molecule has 0 fully saturated rings. The Labute approximate surface area is 222 Å². The number of pyridine rings is 1. The topological polar surface area (TPSA) is 17.3 Å². The Morgan fingerprint density at radius 2 is 1.39 bits per heavy atom. The molecule has 0 saturated heterocycles. The van der Waals surface area contributed by atoms with Crippen LogP contribution in [0.3, 0.4) is 0 Å². The van der Waals surface area contributed by atoms with Gasteiger partial charge in [0, 0.05) is 16.2 Å². The monoisotopic (exact) mass is 504 g/mol. The first-order valence-electron chi connectivity index (χ1n) is 13.2. The molecule has 38 heavy (non-hydrogen) atoms. The highest BCUT2D eigenvalue weighted by Gasteiger charge is 2.25. The number of hydrogen-bond donors (Lipinski definition) is 0. The SMILES string of the molecule is C1=CC(P(c2ccccc2)c2cc3ccccc3c3c4ccccc4n4c5ccccc5nc4c23)=CCC1. The van der Waals surface area contributed by atoms with Gasteiger partial charge in [-0.1, -0.05) is 103 Å². The molecule has 0 radical (unpaired) electrons. The van der Waals surface area contributed by atoms with E-state index in [1.54, 1.807) is 0 Å². The van der Waals surface area contributed by atoms with E-state index >= 15 is 0 Å².